The zero-order valence-electron chi connectivity index (χ0n) is 11.5. The van der Waals surface area contributed by atoms with Crippen LogP contribution in [0.25, 0.3) is 0 Å². The lowest BCUT2D eigenvalue weighted by Gasteiger charge is -2.32. The summed E-state index contributed by atoms with van der Waals surface area (Å²) in [6.45, 7) is 3.30. The summed E-state index contributed by atoms with van der Waals surface area (Å²) in [5.74, 6) is 0.380. The Morgan fingerprint density at radius 1 is 1.65 bits per heavy atom. The second kappa shape index (κ2) is 6.51. The molecule has 2 rings (SSSR count). The third-order valence-electron chi connectivity index (χ3n) is 3.66. The van der Waals surface area contributed by atoms with Gasteiger partial charge in [0.25, 0.3) is 0 Å². The highest BCUT2D eigenvalue weighted by Gasteiger charge is 2.28. The number of thiophene rings is 1. The molecule has 2 atom stereocenters. The van der Waals surface area contributed by atoms with Crippen LogP contribution in [0.2, 0.25) is 0 Å². The topological polar surface area (TPSA) is 86.8 Å². The number of nitro groups is 1. The minimum atomic E-state index is -0.689. The van der Waals surface area contributed by atoms with Crippen molar-refractivity contribution in [2.24, 2.45) is 5.92 Å². The molecule has 1 fully saturated rings. The van der Waals surface area contributed by atoms with E-state index < -0.39 is 6.10 Å². The molecule has 112 valence electrons. The van der Waals surface area contributed by atoms with E-state index in [0.717, 1.165) is 32.4 Å². The first-order valence-corrected chi connectivity index (χ1v) is 7.66. The molecule has 0 saturated carbocycles. The lowest BCUT2D eigenvalue weighted by atomic mass is 9.95. The second-order valence-electron chi connectivity index (χ2n) is 5.24. The average Bonchev–Trinajstić information content (AvgIpc) is 2.85. The SMILES string of the molecule is C[C@@H](O)c1cc([N+](=O)[O-])c(N2CCCC(CCO)C2)s1. The minimum Gasteiger partial charge on any atom is -0.396 e. The van der Waals surface area contributed by atoms with Crippen molar-refractivity contribution >= 4 is 22.0 Å². The van der Waals surface area contributed by atoms with Gasteiger partial charge in [0.1, 0.15) is 0 Å². The van der Waals surface area contributed by atoms with Gasteiger partial charge in [0.2, 0.25) is 0 Å². The normalized spacial score (nSPS) is 20.9. The molecule has 6 nitrogen and oxygen atoms in total. The molecule has 1 saturated heterocycles. The van der Waals surface area contributed by atoms with Gasteiger partial charge in [-0.05, 0) is 32.1 Å². The summed E-state index contributed by atoms with van der Waals surface area (Å²) >= 11 is 1.29. The summed E-state index contributed by atoms with van der Waals surface area (Å²) < 4.78 is 0. The van der Waals surface area contributed by atoms with Gasteiger partial charge in [0, 0.05) is 30.6 Å². The van der Waals surface area contributed by atoms with Gasteiger partial charge in [-0.1, -0.05) is 0 Å². The van der Waals surface area contributed by atoms with Crippen molar-refractivity contribution in [3.05, 3.63) is 21.1 Å². The number of piperidine rings is 1. The number of hydrogen-bond acceptors (Lipinski definition) is 6. The third-order valence-corrected chi connectivity index (χ3v) is 5.02. The Balaban J connectivity index is 2.24. The van der Waals surface area contributed by atoms with Gasteiger partial charge >= 0.3 is 5.69 Å². The first kappa shape index (κ1) is 15.2. The van der Waals surface area contributed by atoms with Crippen molar-refractivity contribution in [2.45, 2.75) is 32.3 Å². The molecule has 1 aromatic heterocycles. The van der Waals surface area contributed by atoms with E-state index in [1.54, 1.807) is 6.92 Å². The van der Waals surface area contributed by atoms with Crippen LogP contribution in [0, 0.1) is 16.0 Å². The molecule has 0 spiro atoms. The van der Waals surface area contributed by atoms with E-state index in [-0.39, 0.29) is 17.2 Å². The predicted octanol–water partition coefficient (Wildman–Crippen LogP) is 2.31. The molecule has 0 aliphatic carbocycles. The molecule has 1 aromatic rings. The zero-order chi connectivity index (χ0) is 14.7. The predicted molar refractivity (Wildman–Crippen MR) is 78.2 cm³/mol. The Bertz CT molecular complexity index is 473. The largest absolute Gasteiger partial charge is 0.396 e. The fraction of sp³-hybridized carbons (Fsp3) is 0.692. The summed E-state index contributed by atoms with van der Waals surface area (Å²) in [6.07, 6.45) is 2.08. The lowest BCUT2D eigenvalue weighted by Crippen LogP contribution is -2.35. The van der Waals surface area contributed by atoms with Crippen LogP contribution in [0.5, 0.6) is 0 Å². The van der Waals surface area contributed by atoms with Crippen LogP contribution in [-0.4, -0.2) is 34.8 Å². The van der Waals surface area contributed by atoms with Crippen LogP contribution in [0.4, 0.5) is 10.7 Å². The summed E-state index contributed by atoms with van der Waals surface area (Å²) in [6, 6.07) is 1.47. The van der Waals surface area contributed by atoms with Gasteiger partial charge in [0.15, 0.2) is 5.00 Å². The Kier molecular flexibility index (Phi) is 4.95. The Hall–Kier alpha value is -1.18. The van der Waals surface area contributed by atoms with E-state index in [9.17, 15) is 15.2 Å². The molecule has 1 unspecified atom stereocenters. The lowest BCUT2D eigenvalue weighted by molar-refractivity contribution is -0.383. The Morgan fingerprint density at radius 3 is 3.00 bits per heavy atom. The standard InChI is InChI=1S/C13H20N2O4S/c1-9(17)12-7-11(15(18)19)13(20-12)14-5-2-3-10(8-14)4-6-16/h7,9-10,16-17H,2-6,8H2,1H3/t9-,10?/m1/s1. The molecule has 1 aliphatic heterocycles. The average molecular weight is 300 g/mol. The van der Waals surface area contributed by atoms with E-state index in [4.69, 9.17) is 5.11 Å². The molecule has 2 N–H and O–H groups in total. The van der Waals surface area contributed by atoms with Gasteiger partial charge in [-0.25, -0.2) is 0 Å². The first-order valence-electron chi connectivity index (χ1n) is 6.85. The zero-order valence-corrected chi connectivity index (χ0v) is 12.3. The van der Waals surface area contributed by atoms with Crippen molar-refractivity contribution in [1.29, 1.82) is 0 Å². The van der Waals surface area contributed by atoms with Crippen LogP contribution in [0.1, 0.15) is 37.2 Å². The van der Waals surface area contributed by atoms with Gasteiger partial charge in [-0.3, -0.25) is 10.1 Å². The summed E-state index contributed by atoms with van der Waals surface area (Å²) in [5, 5.41) is 30.5. The third kappa shape index (κ3) is 3.28. The van der Waals surface area contributed by atoms with E-state index in [1.165, 1.54) is 17.4 Å². The van der Waals surface area contributed by atoms with Crippen LogP contribution in [-0.2, 0) is 0 Å². The maximum absolute atomic E-state index is 11.2. The van der Waals surface area contributed by atoms with Crippen molar-refractivity contribution in [1.82, 2.24) is 0 Å². The monoisotopic (exact) mass is 300 g/mol. The second-order valence-corrected chi connectivity index (χ2v) is 6.30. The van der Waals surface area contributed by atoms with Gasteiger partial charge in [0.05, 0.1) is 11.0 Å². The maximum atomic E-state index is 11.2. The van der Waals surface area contributed by atoms with Crippen LogP contribution >= 0.6 is 11.3 Å². The highest BCUT2D eigenvalue weighted by molar-refractivity contribution is 7.16. The van der Waals surface area contributed by atoms with Crippen LogP contribution < -0.4 is 4.90 Å². The Labute approximate surface area is 121 Å². The van der Waals surface area contributed by atoms with E-state index >= 15 is 0 Å². The number of aliphatic hydroxyl groups is 2. The molecular weight excluding hydrogens is 280 g/mol. The minimum absolute atomic E-state index is 0.0792. The maximum Gasteiger partial charge on any atom is 0.304 e. The summed E-state index contributed by atoms with van der Waals surface area (Å²) in [5.41, 5.74) is 0.0792. The molecule has 2 heterocycles. The van der Waals surface area contributed by atoms with Crippen molar-refractivity contribution in [2.75, 3.05) is 24.6 Å². The van der Waals surface area contributed by atoms with Crippen molar-refractivity contribution in [3.8, 4) is 0 Å². The highest BCUT2D eigenvalue weighted by Crippen LogP contribution is 2.41. The molecule has 7 heteroatoms. The van der Waals surface area contributed by atoms with Crippen LogP contribution in [0.15, 0.2) is 6.07 Å². The van der Waals surface area contributed by atoms with Gasteiger partial charge in [-0.2, -0.15) is 0 Å². The molecule has 0 amide bonds. The molecule has 20 heavy (non-hydrogen) atoms. The number of aliphatic hydroxyl groups excluding tert-OH is 2. The number of hydrogen-bond donors (Lipinski definition) is 2. The number of rotatable bonds is 5. The molecule has 1 aliphatic rings. The number of nitrogens with zero attached hydrogens (tertiary/aromatic N) is 2. The van der Waals surface area contributed by atoms with Gasteiger partial charge in [-0.15, -0.1) is 11.3 Å². The van der Waals surface area contributed by atoms with Crippen molar-refractivity contribution in [3.63, 3.8) is 0 Å². The van der Waals surface area contributed by atoms with Crippen LogP contribution in [0.3, 0.4) is 0 Å². The highest BCUT2D eigenvalue weighted by atomic mass is 32.1. The van der Waals surface area contributed by atoms with E-state index in [1.807, 2.05) is 4.90 Å². The van der Waals surface area contributed by atoms with Crippen molar-refractivity contribution < 1.29 is 15.1 Å². The fourth-order valence-corrected chi connectivity index (χ4v) is 3.72. The smallest absolute Gasteiger partial charge is 0.304 e. The van der Waals surface area contributed by atoms with E-state index in [2.05, 4.69) is 0 Å². The van der Waals surface area contributed by atoms with Gasteiger partial charge < -0.3 is 15.1 Å². The molecular formula is C13H20N2O4S. The Morgan fingerprint density at radius 2 is 2.40 bits per heavy atom. The molecule has 0 bridgehead atoms. The van der Waals surface area contributed by atoms with E-state index in [0.29, 0.717) is 15.8 Å². The molecule has 0 radical (unpaired) electrons. The fourth-order valence-electron chi connectivity index (χ4n) is 2.62. The quantitative estimate of drug-likeness (QED) is 0.643. The number of anilines is 1. The first-order chi connectivity index (χ1) is 9.52. The summed E-state index contributed by atoms with van der Waals surface area (Å²) in [7, 11) is 0. The molecule has 0 aromatic carbocycles. The summed E-state index contributed by atoms with van der Waals surface area (Å²) in [4.78, 5) is 13.4.